The first-order chi connectivity index (χ1) is 14.4. The zero-order valence-corrected chi connectivity index (χ0v) is 17.2. The van der Waals surface area contributed by atoms with Gasteiger partial charge < -0.3 is 20.3 Å². The fraction of sp³-hybridized carbons (Fsp3) is 0.409. The molecule has 0 saturated carbocycles. The number of ether oxygens (including phenoxy) is 1. The second-order valence-electron chi connectivity index (χ2n) is 8.33. The van der Waals surface area contributed by atoms with Crippen molar-refractivity contribution in [3.8, 4) is 28.6 Å². The molecule has 1 aliphatic heterocycles. The molecule has 1 fully saturated rings. The van der Waals surface area contributed by atoms with Crippen LogP contribution < -0.4 is 10.1 Å². The second kappa shape index (κ2) is 8.41. The van der Waals surface area contributed by atoms with Gasteiger partial charge in [-0.3, -0.25) is 0 Å². The molecule has 3 heterocycles. The Labute approximate surface area is 175 Å². The summed E-state index contributed by atoms with van der Waals surface area (Å²) in [7, 11) is 0. The largest absolute Gasteiger partial charge is 0.507 e. The van der Waals surface area contributed by atoms with E-state index < -0.39 is 0 Å². The van der Waals surface area contributed by atoms with Crippen LogP contribution in [0.5, 0.6) is 11.6 Å². The molecule has 4 rings (SSSR count). The van der Waals surface area contributed by atoms with Crippen molar-refractivity contribution < 1.29 is 14.9 Å². The van der Waals surface area contributed by atoms with E-state index in [-0.39, 0.29) is 30.0 Å². The highest BCUT2D eigenvalue weighted by Gasteiger charge is 2.34. The van der Waals surface area contributed by atoms with Crippen molar-refractivity contribution in [1.82, 2.24) is 25.3 Å². The highest BCUT2D eigenvalue weighted by atomic mass is 16.5. The first-order valence-electron chi connectivity index (χ1n) is 10.2. The third-order valence-electron chi connectivity index (χ3n) is 5.31. The molecule has 158 valence electrons. The highest BCUT2D eigenvalue weighted by Crippen LogP contribution is 2.31. The van der Waals surface area contributed by atoms with E-state index in [1.165, 1.54) is 0 Å². The van der Waals surface area contributed by atoms with Crippen LogP contribution in [0.3, 0.4) is 0 Å². The molecule has 0 bridgehead atoms. The van der Waals surface area contributed by atoms with Crippen molar-refractivity contribution in [1.29, 1.82) is 0 Å². The average molecular weight is 409 g/mol. The monoisotopic (exact) mass is 409 g/mol. The number of aromatic hydroxyl groups is 1. The fourth-order valence-electron chi connectivity index (χ4n) is 4.07. The molecule has 30 heavy (non-hydrogen) atoms. The summed E-state index contributed by atoms with van der Waals surface area (Å²) in [6.45, 7) is 4.42. The number of hydrogen-bond donors (Lipinski definition) is 3. The number of aliphatic hydroxyl groups excluding tert-OH is 1. The smallest absolute Gasteiger partial charge is 0.233 e. The van der Waals surface area contributed by atoms with Crippen molar-refractivity contribution in [3.63, 3.8) is 0 Å². The van der Waals surface area contributed by atoms with Crippen molar-refractivity contribution in [2.45, 2.75) is 50.8 Å². The Kier molecular flexibility index (Phi) is 5.69. The lowest BCUT2D eigenvalue weighted by Crippen LogP contribution is -2.55. The minimum atomic E-state index is -0.0712. The van der Waals surface area contributed by atoms with Crippen LogP contribution in [0.2, 0.25) is 0 Å². The first-order valence-corrected chi connectivity index (χ1v) is 10.2. The van der Waals surface area contributed by atoms with Crippen molar-refractivity contribution >= 4 is 0 Å². The van der Waals surface area contributed by atoms with Gasteiger partial charge in [-0.05, 0) is 51.0 Å². The Hall–Kier alpha value is -2.97. The topological polar surface area (TPSA) is 105 Å². The summed E-state index contributed by atoms with van der Waals surface area (Å²) in [4.78, 5) is 0. The second-order valence-corrected chi connectivity index (χ2v) is 8.33. The summed E-state index contributed by atoms with van der Waals surface area (Å²) in [5.41, 5.74) is 1.85. The number of rotatable bonds is 6. The Morgan fingerprint density at radius 3 is 2.77 bits per heavy atom. The highest BCUT2D eigenvalue weighted by molar-refractivity contribution is 5.68. The van der Waals surface area contributed by atoms with Gasteiger partial charge >= 0.3 is 0 Å². The summed E-state index contributed by atoms with van der Waals surface area (Å²) in [5, 5.41) is 35.9. The van der Waals surface area contributed by atoms with Crippen molar-refractivity contribution in [2.24, 2.45) is 0 Å². The molecule has 2 atom stereocenters. The fourth-order valence-corrected chi connectivity index (χ4v) is 4.07. The molecule has 1 aromatic carbocycles. The van der Waals surface area contributed by atoms with Gasteiger partial charge in [0.2, 0.25) is 5.88 Å². The van der Waals surface area contributed by atoms with Crippen LogP contribution in [-0.4, -0.2) is 54.5 Å². The molecular formula is C22H27N5O3. The van der Waals surface area contributed by atoms with Gasteiger partial charge in [-0.2, -0.15) is 5.10 Å². The normalized spacial score (nSPS) is 20.8. The predicted molar refractivity (Wildman–Crippen MR) is 113 cm³/mol. The standard InChI is InChI=1S/C22H27N5O3/c1-22(2)14-17(12-15(24-22)8-11-28)30-21-7-6-19(25-26-21)18-5-4-16(13-20(18)29)27-10-3-9-23-27/h3-7,9-10,13,15,17,24,28-29H,8,11-12,14H2,1-2H3/t15-,17?/m1/s1. The maximum Gasteiger partial charge on any atom is 0.233 e. The number of phenols is 1. The minimum Gasteiger partial charge on any atom is -0.507 e. The Morgan fingerprint density at radius 1 is 1.23 bits per heavy atom. The van der Waals surface area contributed by atoms with Crippen LogP contribution in [0, 0.1) is 0 Å². The van der Waals surface area contributed by atoms with Crippen LogP contribution in [0.15, 0.2) is 48.8 Å². The molecule has 8 heteroatoms. The minimum absolute atomic E-state index is 0.000271. The lowest BCUT2D eigenvalue weighted by Gasteiger charge is -2.41. The number of nitrogens with zero attached hydrogens (tertiary/aromatic N) is 4. The lowest BCUT2D eigenvalue weighted by atomic mass is 9.86. The van der Waals surface area contributed by atoms with E-state index in [0.29, 0.717) is 23.6 Å². The summed E-state index contributed by atoms with van der Waals surface area (Å²) in [5.74, 6) is 0.565. The third-order valence-corrected chi connectivity index (χ3v) is 5.31. The van der Waals surface area contributed by atoms with Crippen LogP contribution in [0.4, 0.5) is 0 Å². The number of hydrogen-bond acceptors (Lipinski definition) is 7. The van der Waals surface area contributed by atoms with E-state index in [2.05, 4.69) is 34.5 Å². The van der Waals surface area contributed by atoms with E-state index in [1.54, 1.807) is 35.1 Å². The number of piperidine rings is 1. The van der Waals surface area contributed by atoms with Gasteiger partial charge in [0, 0.05) is 54.7 Å². The molecular weight excluding hydrogens is 382 g/mol. The van der Waals surface area contributed by atoms with Crippen molar-refractivity contribution in [3.05, 3.63) is 48.8 Å². The van der Waals surface area contributed by atoms with Crippen molar-refractivity contribution in [2.75, 3.05) is 6.61 Å². The molecule has 0 spiro atoms. The molecule has 3 N–H and O–H groups in total. The molecule has 1 saturated heterocycles. The van der Waals surface area contributed by atoms with Gasteiger partial charge in [0.25, 0.3) is 0 Å². The summed E-state index contributed by atoms with van der Waals surface area (Å²) < 4.78 is 7.76. The predicted octanol–water partition coefficient (Wildman–Crippen LogP) is 2.70. The zero-order chi connectivity index (χ0) is 21.1. The van der Waals surface area contributed by atoms with E-state index in [9.17, 15) is 10.2 Å². The number of aliphatic hydroxyl groups is 1. The Balaban J connectivity index is 1.47. The number of phenolic OH excluding ortho intramolecular Hbond substituents is 1. The van der Waals surface area contributed by atoms with Gasteiger partial charge in [0.15, 0.2) is 0 Å². The van der Waals surface area contributed by atoms with Gasteiger partial charge in [0.05, 0.1) is 11.4 Å². The summed E-state index contributed by atoms with van der Waals surface area (Å²) >= 11 is 0. The molecule has 0 amide bonds. The van der Waals surface area contributed by atoms with Gasteiger partial charge in [-0.25, -0.2) is 4.68 Å². The maximum atomic E-state index is 10.4. The Morgan fingerprint density at radius 2 is 2.10 bits per heavy atom. The van der Waals surface area contributed by atoms with Crippen LogP contribution in [0.25, 0.3) is 16.9 Å². The number of aromatic nitrogens is 4. The van der Waals surface area contributed by atoms with Crippen LogP contribution in [0.1, 0.15) is 33.1 Å². The Bertz CT molecular complexity index is 973. The van der Waals surface area contributed by atoms with E-state index in [0.717, 1.165) is 18.5 Å². The first kappa shape index (κ1) is 20.3. The SMILES string of the molecule is CC1(C)CC(Oc2ccc(-c3ccc(-n4cccn4)cc3O)nn2)C[C@@H](CCO)N1. The molecule has 2 aromatic heterocycles. The number of benzene rings is 1. The quantitative estimate of drug-likeness (QED) is 0.575. The van der Waals surface area contributed by atoms with Crippen LogP contribution >= 0.6 is 0 Å². The summed E-state index contributed by atoms with van der Waals surface area (Å²) in [6.07, 6.45) is 5.84. The molecule has 1 unspecified atom stereocenters. The molecule has 8 nitrogen and oxygen atoms in total. The van der Waals surface area contributed by atoms with E-state index >= 15 is 0 Å². The molecule has 1 aliphatic rings. The molecule has 0 radical (unpaired) electrons. The van der Waals surface area contributed by atoms with E-state index in [1.807, 2.05) is 18.3 Å². The average Bonchev–Trinajstić information content (AvgIpc) is 3.22. The number of nitrogens with one attached hydrogen (secondary N) is 1. The van der Waals surface area contributed by atoms with Gasteiger partial charge in [-0.1, -0.05) is 0 Å². The zero-order valence-electron chi connectivity index (χ0n) is 17.2. The van der Waals surface area contributed by atoms with Gasteiger partial charge in [-0.15, -0.1) is 10.2 Å². The maximum absolute atomic E-state index is 10.4. The molecule has 3 aromatic rings. The lowest BCUT2D eigenvalue weighted by molar-refractivity contribution is 0.0731. The summed E-state index contributed by atoms with van der Waals surface area (Å²) in [6, 6.07) is 10.9. The van der Waals surface area contributed by atoms with Gasteiger partial charge in [0.1, 0.15) is 11.9 Å². The van der Waals surface area contributed by atoms with Crippen LogP contribution in [-0.2, 0) is 0 Å². The third kappa shape index (κ3) is 4.60. The van der Waals surface area contributed by atoms with E-state index in [4.69, 9.17) is 4.74 Å². The molecule has 0 aliphatic carbocycles.